The van der Waals surface area contributed by atoms with Crippen LogP contribution in [0.1, 0.15) is 60.3 Å². The van der Waals surface area contributed by atoms with Gasteiger partial charge in [0.1, 0.15) is 0 Å². The average molecular weight is 238 g/mol. The summed E-state index contributed by atoms with van der Waals surface area (Å²) in [5.74, 6) is 0. The van der Waals surface area contributed by atoms with Crippen molar-refractivity contribution < 1.29 is 9.31 Å². The molecule has 0 saturated carbocycles. The van der Waals surface area contributed by atoms with Gasteiger partial charge >= 0.3 is 7.12 Å². The van der Waals surface area contributed by atoms with E-state index in [0.717, 1.165) is 19.2 Å². The van der Waals surface area contributed by atoms with Gasteiger partial charge in [-0.1, -0.05) is 31.9 Å². The highest BCUT2D eigenvalue weighted by molar-refractivity contribution is 6.45. The summed E-state index contributed by atoms with van der Waals surface area (Å²) >= 11 is 0. The monoisotopic (exact) mass is 238 g/mol. The summed E-state index contributed by atoms with van der Waals surface area (Å²) in [6.45, 7) is 10.6. The molecule has 0 aromatic heterocycles. The van der Waals surface area contributed by atoms with E-state index in [4.69, 9.17) is 9.31 Å². The lowest BCUT2D eigenvalue weighted by Gasteiger charge is -2.32. The van der Waals surface area contributed by atoms with Crippen LogP contribution in [0.2, 0.25) is 6.32 Å². The molecule has 0 aliphatic carbocycles. The Morgan fingerprint density at radius 1 is 0.941 bits per heavy atom. The summed E-state index contributed by atoms with van der Waals surface area (Å²) in [4.78, 5) is 0. The summed E-state index contributed by atoms with van der Waals surface area (Å²) in [6, 6.07) is 0. The van der Waals surface area contributed by atoms with Crippen molar-refractivity contribution in [1.82, 2.24) is 0 Å². The minimum atomic E-state index is -0.185. The van der Waals surface area contributed by atoms with Crippen molar-refractivity contribution in [3.05, 3.63) is 12.2 Å². The van der Waals surface area contributed by atoms with Gasteiger partial charge in [-0.05, 0) is 46.9 Å². The Morgan fingerprint density at radius 3 is 2.00 bits per heavy atom. The van der Waals surface area contributed by atoms with E-state index in [1.807, 2.05) is 0 Å². The Kier molecular flexibility index (Phi) is 5.27. The van der Waals surface area contributed by atoms with Crippen LogP contribution in [-0.4, -0.2) is 18.3 Å². The third-order valence-corrected chi connectivity index (χ3v) is 3.73. The quantitative estimate of drug-likeness (QED) is 0.392. The number of allylic oxidation sites excluding steroid dienone is 2. The van der Waals surface area contributed by atoms with Crippen molar-refractivity contribution in [1.29, 1.82) is 0 Å². The van der Waals surface area contributed by atoms with Crippen molar-refractivity contribution in [2.75, 3.05) is 0 Å². The highest BCUT2D eigenvalue weighted by Crippen LogP contribution is 2.38. The van der Waals surface area contributed by atoms with E-state index < -0.39 is 0 Å². The fraction of sp³-hybridized carbons (Fsp3) is 0.857. The molecule has 0 aromatic carbocycles. The maximum atomic E-state index is 5.95. The molecule has 0 spiro atoms. The SMILES string of the molecule is CCC/C=C\CCCB1OC(C)(C)C(C)(C)O1. The zero-order valence-corrected chi connectivity index (χ0v) is 12.1. The molecule has 0 bridgehead atoms. The Morgan fingerprint density at radius 2 is 1.47 bits per heavy atom. The van der Waals surface area contributed by atoms with E-state index in [0.29, 0.717) is 0 Å². The first-order valence-corrected chi connectivity index (χ1v) is 6.89. The normalized spacial score (nSPS) is 22.5. The second kappa shape index (κ2) is 6.06. The molecule has 0 atom stereocenters. The molecule has 98 valence electrons. The van der Waals surface area contributed by atoms with Gasteiger partial charge in [-0.3, -0.25) is 0 Å². The maximum Gasteiger partial charge on any atom is 0.457 e. The van der Waals surface area contributed by atoms with Gasteiger partial charge in [0.2, 0.25) is 0 Å². The Labute approximate surface area is 107 Å². The second-order valence-electron chi connectivity index (χ2n) is 5.88. The topological polar surface area (TPSA) is 18.5 Å². The Balaban J connectivity index is 2.22. The van der Waals surface area contributed by atoms with Crippen LogP contribution >= 0.6 is 0 Å². The van der Waals surface area contributed by atoms with E-state index in [1.54, 1.807) is 0 Å². The third-order valence-electron chi connectivity index (χ3n) is 3.73. The molecule has 3 heteroatoms. The predicted molar refractivity (Wildman–Crippen MR) is 74.2 cm³/mol. The minimum absolute atomic E-state index is 0.0282. The Bertz CT molecular complexity index is 243. The lowest BCUT2D eigenvalue weighted by Crippen LogP contribution is -2.41. The molecular formula is C14H27BO2. The molecule has 17 heavy (non-hydrogen) atoms. The van der Waals surface area contributed by atoms with Crippen LogP contribution in [0.15, 0.2) is 12.2 Å². The van der Waals surface area contributed by atoms with Crippen LogP contribution in [0.5, 0.6) is 0 Å². The summed E-state index contributed by atoms with van der Waals surface area (Å²) in [6.07, 6.45) is 10.2. The molecule has 2 nitrogen and oxygen atoms in total. The first kappa shape index (κ1) is 14.8. The molecule has 1 saturated heterocycles. The van der Waals surface area contributed by atoms with Crippen LogP contribution in [0.25, 0.3) is 0 Å². The minimum Gasteiger partial charge on any atom is -0.403 e. The maximum absolute atomic E-state index is 5.95. The molecule has 1 heterocycles. The largest absolute Gasteiger partial charge is 0.457 e. The van der Waals surface area contributed by atoms with Gasteiger partial charge in [0, 0.05) is 0 Å². The fourth-order valence-electron chi connectivity index (χ4n) is 1.89. The molecule has 0 amide bonds. The van der Waals surface area contributed by atoms with E-state index >= 15 is 0 Å². The summed E-state index contributed by atoms with van der Waals surface area (Å²) in [5.41, 5.74) is -0.370. The first-order chi connectivity index (χ1) is 7.89. The summed E-state index contributed by atoms with van der Waals surface area (Å²) in [7, 11) is -0.0282. The van der Waals surface area contributed by atoms with Crippen LogP contribution in [0, 0.1) is 0 Å². The highest BCUT2D eigenvalue weighted by Gasteiger charge is 2.50. The number of hydrogen-bond donors (Lipinski definition) is 0. The van der Waals surface area contributed by atoms with Crippen molar-refractivity contribution >= 4 is 7.12 Å². The lowest BCUT2D eigenvalue weighted by molar-refractivity contribution is 0.00578. The third kappa shape index (κ3) is 4.15. The fourth-order valence-corrected chi connectivity index (χ4v) is 1.89. The number of unbranched alkanes of at least 4 members (excludes halogenated alkanes) is 2. The van der Waals surface area contributed by atoms with Crippen molar-refractivity contribution in [2.24, 2.45) is 0 Å². The van der Waals surface area contributed by atoms with Crippen LogP contribution in [0.3, 0.4) is 0 Å². The molecule has 1 fully saturated rings. The van der Waals surface area contributed by atoms with E-state index in [9.17, 15) is 0 Å². The average Bonchev–Trinajstić information content (AvgIpc) is 2.41. The van der Waals surface area contributed by atoms with Crippen molar-refractivity contribution in [2.45, 2.75) is 77.8 Å². The van der Waals surface area contributed by atoms with Gasteiger partial charge in [-0.25, -0.2) is 0 Å². The molecule has 0 radical (unpaired) electrons. The first-order valence-electron chi connectivity index (χ1n) is 6.89. The molecular weight excluding hydrogens is 211 g/mol. The van der Waals surface area contributed by atoms with E-state index in [1.165, 1.54) is 12.8 Å². The summed E-state index contributed by atoms with van der Waals surface area (Å²) < 4.78 is 11.9. The van der Waals surface area contributed by atoms with Gasteiger partial charge in [0.25, 0.3) is 0 Å². The predicted octanol–water partition coefficient (Wildman–Crippen LogP) is 4.22. The van der Waals surface area contributed by atoms with Crippen molar-refractivity contribution in [3.8, 4) is 0 Å². The zero-order chi connectivity index (χ0) is 12.9. The van der Waals surface area contributed by atoms with Gasteiger partial charge < -0.3 is 9.31 Å². The molecule has 0 aromatic rings. The molecule has 1 aliphatic rings. The van der Waals surface area contributed by atoms with Gasteiger partial charge in [0.05, 0.1) is 11.2 Å². The van der Waals surface area contributed by atoms with Crippen LogP contribution in [0.4, 0.5) is 0 Å². The van der Waals surface area contributed by atoms with Crippen LogP contribution in [-0.2, 0) is 9.31 Å². The van der Waals surface area contributed by atoms with Gasteiger partial charge in [-0.15, -0.1) is 0 Å². The van der Waals surface area contributed by atoms with Gasteiger partial charge in [0.15, 0.2) is 0 Å². The van der Waals surface area contributed by atoms with Crippen molar-refractivity contribution in [3.63, 3.8) is 0 Å². The van der Waals surface area contributed by atoms with Gasteiger partial charge in [-0.2, -0.15) is 0 Å². The smallest absolute Gasteiger partial charge is 0.403 e. The molecule has 0 N–H and O–H groups in total. The highest BCUT2D eigenvalue weighted by atomic mass is 16.7. The molecule has 0 unspecified atom stereocenters. The molecule has 1 aliphatic heterocycles. The second-order valence-corrected chi connectivity index (χ2v) is 5.88. The summed E-state index contributed by atoms with van der Waals surface area (Å²) in [5, 5.41) is 0. The number of rotatable bonds is 6. The van der Waals surface area contributed by atoms with E-state index in [-0.39, 0.29) is 18.3 Å². The Hall–Kier alpha value is -0.275. The lowest BCUT2D eigenvalue weighted by atomic mass is 9.82. The van der Waals surface area contributed by atoms with Crippen LogP contribution < -0.4 is 0 Å². The standard InChI is InChI=1S/C14H27BO2/c1-6-7-8-9-10-11-12-15-16-13(2,3)14(4,5)17-15/h8-9H,6-7,10-12H2,1-5H3/b9-8-. The molecule has 1 rings (SSSR count). The zero-order valence-electron chi connectivity index (χ0n) is 12.1. The number of hydrogen-bond acceptors (Lipinski definition) is 2. The van der Waals surface area contributed by atoms with E-state index in [2.05, 4.69) is 46.8 Å².